The molecule has 0 aromatic heterocycles. The summed E-state index contributed by atoms with van der Waals surface area (Å²) < 4.78 is 46.3. The van der Waals surface area contributed by atoms with Crippen molar-refractivity contribution in [1.29, 1.82) is 0 Å². The van der Waals surface area contributed by atoms with E-state index in [0.29, 0.717) is 19.4 Å². The smallest absolute Gasteiger partial charge is 0.375 e. The largest absolute Gasteiger partial charge is 0.402 e. The fourth-order valence-electron chi connectivity index (χ4n) is 4.29. The predicted molar refractivity (Wildman–Crippen MR) is 70.9 cm³/mol. The van der Waals surface area contributed by atoms with Gasteiger partial charge in [0, 0.05) is 19.1 Å². The molecular weight excluding hydrogens is 283 g/mol. The quantitative estimate of drug-likeness (QED) is 0.852. The van der Waals surface area contributed by atoms with Crippen LogP contribution in [0.2, 0.25) is 0 Å². The number of hydrogen-bond donors (Lipinski definition) is 1. The van der Waals surface area contributed by atoms with Gasteiger partial charge in [0.1, 0.15) is 5.41 Å². The van der Waals surface area contributed by atoms with E-state index in [0.717, 1.165) is 25.7 Å². The molecule has 0 radical (unpaired) electrons. The first kappa shape index (κ1) is 15.3. The van der Waals surface area contributed by atoms with Gasteiger partial charge < -0.3 is 10.1 Å². The number of halogens is 3. The lowest BCUT2D eigenvalue weighted by molar-refractivity contribution is -0.219. The van der Waals surface area contributed by atoms with Crippen molar-refractivity contribution in [2.24, 2.45) is 11.3 Å². The highest BCUT2D eigenvalue weighted by molar-refractivity contribution is 5.88. The van der Waals surface area contributed by atoms with Crippen molar-refractivity contribution in [1.82, 2.24) is 5.32 Å². The van der Waals surface area contributed by atoms with Crippen LogP contribution in [0, 0.1) is 11.3 Å². The molecule has 3 rings (SSSR count). The minimum atomic E-state index is -4.46. The van der Waals surface area contributed by atoms with Crippen LogP contribution in [0.15, 0.2) is 0 Å². The molecule has 0 bridgehead atoms. The maximum absolute atomic E-state index is 13.5. The molecular formula is C15H22F3NO2. The maximum Gasteiger partial charge on any atom is 0.402 e. The summed E-state index contributed by atoms with van der Waals surface area (Å²) in [5, 5.41) is 2.73. The summed E-state index contributed by atoms with van der Waals surface area (Å²) in [6, 6.07) is 0. The first-order valence-electron chi connectivity index (χ1n) is 7.84. The number of Topliss-reactive ketones (excluding diaryl/α,β-unsaturated/α-hetero) is 1. The van der Waals surface area contributed by atoms with Gasteiger partial charge in [-0.05, 0) is 38.6 Å². The van der Waals surface area contributed by atoms with E-state index in [-0.39, 0.29) is 25.1 Å². The second-order valence-electron chi connectivity index (χ2n) is 6.80. The standard InChI is InChI=1S/C15H22F3NO2/c16-15(17,18)14(6-7-19-10-14)12(20)11-3-8-21-13(9-11)4-1-2-5-13/h11,19H,1-10H2. The van der Waals surface area contributed by atoms with Gasteiger partial charge >= 0.3 is 6.18 Å². The molecule has 3 aliphatic rings. The Hall–Kier alpha value is -0.620. The van der Waals surface area contributed by atoms with Crippen molar-refractivity contribution in [2.45, 2.75) is 56.7 Å². The zero-order chi connectivity index (χ0) is 15.1. The predicted octanol–water partition coefficient (Wildman–Crippen LogP) is 2.84. The molecule has 3 nitrogen and oxygen atoms in total. The first-order chi connectivity index (χ1) is 9.89. The Labute approximate surface area is 122 Å². The van der Waals surface area contributed by atoms with Crippen LogP contribution in [0.4, 0.5) is 13.2 Å². The van der Waals surface area contributed by atoms with Gasteiger partial charge in [-0.3, -0.25) is 4.79 Å². The minimum Gasteiger partial charge on any atom is -0.375 e. The maximum atomic E-state index is 13.5. The van der Waals surface area contributed by atoms with Crippen molar-refractivity contribution in [3.05, 3.63) is 0 Å². The molecule has 3 fully saturated rings. The van der Waals surface area contributed by atoms with Gasteiger partial charge in [0.15, 0.2) is 5.78 Å². The number of ketones is 1. The number of ether oxygens (including phenoxy) is 1. The highest BCUT2D eigenvalue weighted by atomic mass is 19.4. The van der Waals surface area contributed by atoms with Crippen molar-refractivity contribution in [2.75, 3.05) is 19.7 Å². The molecule has 2 aliphatic heterocycles. The highest BCUT2D eigenvalue weighted by Crippen LogP contribution is 2.49. The normalized spacial score (nSPS) is 36.2. The summed E-state index contributed by atoms with van der Waals surface area (Å²) in [5.41, 5.74) is -2.49. The zero-order valence-corrected chi connectivity index (χ0v) is 12.1. The van der Waals surface area contributed by atoms with E-state index in [9.17, 15) is 18.0 Å². The van der Waals surface area contributed by atoms with Gasteiger partial charge in [-0.15, -0.1) is 0 Å². The fourth-order valence-corrected chi connectivity index (χ4v) is 4.29. The third kappa shape index (κ3) is 2.50. The van der Waals surface area contributed by atoms with Crippen LogP contribution in [0.5, 0.6) is 0 Å². The molecule has 2 heterocycles. The molecule has 2 saturated heterocycles. The molecule has 0 aromatic rings. The van der Waals surface area contributed by atoms with Gasteiger partial charge in [-0.2, -0.15) is 13.2 Å². The van der Waals surface area contributed by atoms with Crippen LogP contribution in [0.3, 0.4) is 0 Å². The van der Waals surface area contributed by atoms with E-state index in [4.69, 9.17) is 4.74 Å². The average molecular weight is 305 g/mol. The molecule has 1 saturated carbocycles. The van der Waals surface area contributed by atoms with Crippen LogP contribution in [-0.4, -0.2) is 37.3 Å². The van der Waals surface area contributed by atoms with Crippen molar-refractivity contribution in [3.63, 3.8) is 0 Å². The lowest BCUT2D eigenvalue weighted by Gasteiger charge is -2.41. The van der Waals surface area contributed by atoms with Gasteiger partial charge in [-0.25, -0.2) is 0 Å². The summed E-state index contributed by atoms with van der Waals surface area (Å²) >= 11 is 0. The third-order valence-electron chi connectivity index (χ3n) is 5.55. The van der Waals surface area contributed by atoms with Gasteiger partial charge in [-0.1, -0.05) is 12.8 Å². The summed E-state index contributed by atoms with van der Waals surface area (Å²) in [6.45, 7) is 0.414. The van der Waals surface area contributed by atoms with Gasteiger partial charge in [0.2, 0.25) is 0 Å². The second kappa shape index (κ2) is 5.23. The van der Waals surface area contributed by atoms with E-state index in [1.807, 2.05) is 0 Å². The Kier molecular flexibility index (Phi) is 3.81. The van der Waals surface area contributed by atoms with Crippen LogP contribution in [0.25, 0.3) is 0 Å². The number of carbonyl (C=O) groups excluding carboxylic acids is 1. The Morgan fingerprint density at radius 1 is 1.19 bits per heavy atom. The highest BCUT2D eigenvalue weighted by Gasteiger charge is 2.62. The molecule has 1 spiro atoms. The molecule has 2 unspecified atom stereocenters. The van der Waals surface area contributed by atoms with E-state index in [2.05, 4.69) is 5.32 Å². The van der Waals surface area contributed by atoms with Crippen molar-refractivity contribution in [3.8, 4) is 0 Å². The summed E-state index contributed by atoms with van der Waals surface area (Å²) in [6.07, 6.45) is 0.179. The number of alkyl halides is 3. The Morgan fingerprint density at radius 2 is 1.90 bits per heavy atom. The Balaban J connectivity index is 1.80. The fraction of sp³-hybridized carbons (Fsp3) is 0.933. The van der Waals surface area contributed by atoms with Crippen molar-refractivity contribution < 1.29 is 22.7 Å². The number of nitrogens with one attached hydrogen (secondary N) is 1. The zero-order valence-electron chi connectivity index (χ0n) is 12.1. The molecule has 2 atom stereocenters. The summed E-state index contributed by atoms with van der Waals surface area (Å²) in [7, 11) is 0. The van der Waals surface area contributed by atoms with Crippen LogP contribution >= 0.6 is 0 Å². The topological polar surface area (TPSA) is 38.3 Å². The van der Waals surface area contributed by atoms with E-state index >= 15 is 0 Å². The van der Waals surface area contributed by atoms with Gasteiger partial charge in [0.05, 0.1) is 5.60 Å². The van der Waals surface area contributed by atoms with Crippen LogP contribution < -0.4 is 5.32 Å². The number of carbonyl (C=O) groups is 1. The monoisotopic (exact) mass is 305 g/mol. The summed E-state index contributed by atoms with van der Waals surface area (Å²) in [4.78, 5) is 12.7. The third-order valence-corrected chi connectivity index (χ3v) is 5.55. The van der Waals surface area contributed by atoms with E-state index < -0.39 is 23.3 Å². The first-order valence-corrected chi connectivity index (χ1v) is 7.84. The lowest BCUT2D eigenvalue weighted by atomic mass is 9.71. The summed E-state index contributed by atoms with van der Waals surface area (Å²) in [5.74, 6) is -1.10. The number of rotatable bonds is 2. The molecule has 1 N–H and O–H groups in total. The lowest BCUT2D eigenvalue weighted by Crippen LogP contribution is -2.52. The van der Waals surface area contributed by atoms with Gasteiger partial charge in [0.25, 0.3) is 0 Å². The molecule has 120 valence electrons. The SMILES string of the molecule is O=C(C1CCOC2(CCCC2)C1)C1(C(F)(F)F)CCNC1. The molecule has 6 heteroatoms. The Morgan fingerprint density at radius 3 is 2.48 bits per heavy atom. The van der Waals surface area contributed by atoms with Crippen LogP contribution in [0.1, 0.15) is 44.9 Å². The molecule has 0 aromatic carbocycles. The molecule has 0 amide bonds. The van der Waals surface area contributed by atoms with Crippen molar-refractivity contribution >= 4 is 5.78 Å². The second-order valence-corrected chi connectivity index (χ2v) is 6.80. The van der Waals surface area contributed by atoms with E-state index in [1.165, 1.54) is 0 Å². The molecule has 21 heavy (non-hydrogen) atoms. The average Bonchev–Trinajstić information content (AvgIpc) is 3.07. The Bertz CT molecular complexity index is 410. The van der Waals surface area contributed by atoms with Crippen LogP contribution in [-0.2, 0) is 9.53 Å². The number of hydrogen-bond acceptors (Lipinski definition) is 3. The minimum absolute atomic E-state index is 0.125. The van der Waals surface area contributed by atoms with E-state index in [1.54, 1.807) is 0 Å². The molecule has 1 aliphatic carbocycles.